The average Bonchev–Trinajstić information content (AvgIpc) is 2.87. The second kappa shape index (κ2) is 7.73. The fraction of sp³-hybridized carbons (Fsp3) is 0.0556. The van der Waals surface area contributed by atoms with Crippen LogP contribution in [0.25, 0.3) is 6.08 Å². The SMILES string of the molecule is O=C(CN1C(=O)S/C(=C\c2cc(Cl)ccc2O)C1=O)Nc1ccc(O)cc1. The molecule has 0 spiro atoms. The van der Waals surface area contributed by atoms with Gasteiger partial charge in [-0.3, -0.25) is 19.3 Å². The standard InChI is InChI=1S/C18H13ClN2O5S/c19-11-1-6-14(23)10(7-11)8-15-17(25)21(18(26)27-15)9-16(24)20-12-2-4-13(22)5-3-12/h1-8,22-23H,9H2,(H,20,24)/b15-8-. The van der Waals surface area contributed by atoms with Crippen LogP contribution in [-0.2, 0) is 9.59 Å². The van der Waals surface area contributed by atoms with Crippen LogP contribution in [0.4, 0.5) is 10.5 Å². The molecule has 0 bridgehead atoms. The molecule has 1 saturated heterocycles. The molecule has 1 heterocycles. The number of phenolic OH excluding ortho intramolecular Hbond substituents is 2. The smallest absolute Gasteiger partial charge is 0.294 e. The molecule has 9 heteroatoms. The summed E-state index contributed by atoms with van der Waals surface area (Å²) in [5.74, 6) is -1.23. The number of phenols is 2. The van der Waals surface area contributed by atoms with Crippen molar-refractivity contribution in [3.05, 3.63) is 58.0 Å². The minimum absolute atomic E-state index is 0.0494. The number of amides is 3. The molecule has 3 amide bonds. The number of benzene rings is 2. The van der Waals surface area contributed by atoms with E-state index in [9.17, 15) is 24.6 Å². The predicted molar refractivity (Wildman–Crippen MR) is 103 cm³/mol. The van der Waals surface area contributed by atoms with Gasteiger partial charge in [-0.1, -0.05) is 11.6 Å². The van der Waals surface area contributed by atoms with E-state index in [0.717, 1.165) is 4.90 Å². The number of aromatic hydroxyl groups is 2. The van der Waals surface area contributed by atoms with E-state index in [2.05, 4.69) is 5.32 Å². The number of halogens is 1. The summed E-state index contributed by atoms with van der Waals surface area (Å²) in [4.78, 5) is 37.5. The van der Waals surface area contributed by atoms with Gasteiger partial charge in [-0.25, -0.2) is 0 Å². The molecule has 0 aliphatic carbocycles. The van der Waals surface area contributed by atoms with Crippen LogP contribution in [0.5, 0.6) is 11.5 Å². The predicted octanol–water partition coefficient (Wildman–Crippen LogP) is 3.43. The maximum absolute atomic E-state index is 12.4. The fourth-order valence-electron chi connectivity index (χ4n) is 2.31. The van der Waals surface area contributed by atoms with Crippen molar-refractivity contribution in [2.24, 2.45) is 0 Å². The van der Waals surface area contributed by atoms with Gasteiger partial charge in [-0.05, 0) is 60.3 Å². The van der Waals surface area contributed by atoms with Gasteiger partial charge in [0.05, 0.1) is 4.91 Å². The molecule has 3 N–H and O–H groups in total. The van der Waals surface area contributed by atoms with Crippen LogP contribution in [0.3, 0.4) is 0 Å². The van der Waals surface area contributed by atoms with E-state index in [-0.39, 0.29) is 16.4 Å². The number of imide groups is 1. The second-order valence-electron chi connectivity index (χ2n) is 5.57. The summed E-state index contributed by atoms with van der Waals surface area (Å²) in [7, 11) is 0. The van der Waals surface area contributed by atoms with Gasteiger partial charge in [0.1, 0.15) is 18.0 Å². The minimum Gasteiger partial charge on any atom is -0.508 e. The summed E-state index contributed by atoms with van der Waals surface area (Å²) in [5, 5.41) is 21.4. The Balaban J connectivity index is 1.72. The molecule has 7 nitrogen and oxygen atoms in total. The zero-order chi connectivity index (χ0) is 19.6. The van der Waals surface area contributed by atoms with Crippen LogP contribution in [0.1, 0.15) is 5.56 Å². The van der Waals surface area contributed by atoms with E-state index >= 15 is 0 Å². The lowest BCUT2D eigenvalue weighted by Crippen LogP contribution is -2.36. The largest absolute Gasteiger partial charge is 0.508 e. The summed E-state index contributed by atoms with van der Waals surface area (Å²) in [6.45, 7) is -0.454. The molecule has 2 aromatic rings. The van der Waals surface area contributed by atoms with E-state index in [0.29, 0.717) is 28.0 Å². The lowest BCUT2D eigenvalue weighted by atomic mass is 10.2. The first-order chi connectivity index (χ1) is 12.8. The number of anilines is 1. The number of nitrogens with one attached hydrogen (secondary N) is 1. The number of thioether (sulfide) groups is 1. The highest BCUT2D eigenvalue weighted by atomic mass is 35.5. The highest BCUT2D eigenvalue weighted by molar-refractivity contribution is 8.18. The van der Waals surface area contributed by atoms with Crippen molar-refractivity contribution >= 4 is 52.2 Å². The third kappa shape index (κ3) is 4.42. The summed E-state index contributed by atoms with van der Waals surface area (Å²) >= 11 is 6.55. The van der Waals surface area contributed by atoms with Gasteiger partial charge in [0.2, 0.25) is 5.91 Å². The highest BCUT2D eigenvalue weighted by Crippen LogP contribution is 2.34. The number of carbonyl (C=O) groups excluding carboxylic acids is 3. The molecule has 0 unspecified atom stereocenters. The summed E-state index contributed by atoms with van der Waals surface area (Å²) in [6.07, 6.45) is 1.35. The first-order valence-corrected chi connectivity index (χ1v) is 8.86. The van der Waals surface area contributed by atoms with Crippen LogP contribution < -0.4 is 5.32 Å². The fourth-order valence-corrected chi connectivity index (χ4v) is 3.32. The van der Waals surface area contributed by atoms with E-state index in [4.69, 9.17) is 11.6 Å². The van der Waals surface area contributed by atoms with Crippen molar-refractivity contribution in [2.75, 3.05) is 11.9 Å². The van der Waals surface area contributed by atoms with E-state index in [1.54, 1.807) is 0 Å². The van der Waals surface area contributed by atoms with Crippen molar-refractivity contribution in [3.8, 4) is 11.5 Å². The Morgan fingerprint density at radius 3 is 2.56 bits per heavy atom. The summed E-state index contributed by atoms with van der Waals surface area (Å²) < 4.78 is 0. The van der Waals surface area contributed by atoms with Crippen molar-refractivity contribution in [3.63, 3.8) is 0 Å². The third-order valence-corrected chi connectivity index (χ3v) is 4.75. The van der Waals surface area contributed by atoms with Crippen LogP contribution in [0, 0.1) is 0 Å². The Morgan fingerprint density at radius 2 is 1.85 bits per heavy atom. The number of hydrogen-bond acceptors (Lipinski definition) is 6. The number of carbonyl (C=O) groups is 3. The van der Waals surface area contributed by atoms with Gasteiger partial charge in [0.15, 0.2) is 0 Å². The first kappa shape index (κ1) is 18.8. The van der Waals surface area contributed by atoms with E-state index in [1.165, 1.54) is 48.5 Å². The molecule has 3 rings (SSSR count). The average molecular weight is 405 g/mol. The monoisotopic (exact) mass is 404 g/mol. The Hall–Kier alpha value is -2.97. The molecular formula is C18H13ClN2O5S. The Kier molecular flexibility index (Phi) is 5.38. The van der Waals surface area contributed by atoms with Gasteiger partial charge in [-0.2, -0.15) is 0 Å². The van der Waals surface area contributed by atoms with Crippen molar-refractivity contribution in [1.82, 2.24) is 4.90 Å². The number of nitrogens with zero attached hydrogens (tertiary/aromatic N) is 1. The zero-order valence-electron chi connectivity index (χ0n) is 13.7. The van der Waals surface area contributed by atoms with Gasteiger partial charge in [0, 0.05) is 16.3 Å². The maximum Gasteiger partial charge on any atom is 0.294 e. The zero-order valence-corrected chi connectivity index (χ0v) is 15.3. The first-order valence-electron chi connectivity index (χ1n) is 7.66. The molecule has 0 radical (unpaired) electrons. The van der Waals surface area contributed by atoms with Crippen molar-refractivity contribution in [1.29, 1.82) is 0 Å². The quantitative estimate of drug-likeness (QED) is 0.532. The normalized spacial score (nSPS) is 15.4. The van der Waals surface area contributed by atoms with Gasteiger partial charge in [0.25, 0.3) is 11.1 Å². The Morgan fingerprint density at radius 1 is 1.15 bits per heavy atom. The Labute approximate surface area is 163 Å². The van der Waals surface area contributed by atoms with Crippen LogP contribution in [0.2, 0.25) is 5.02 Å². The molecule has 1 aliphatic heterocycles. The second-order valence-corrected chi connectivity index (χ2v) is 7.00. The lowest BCUT2D eigenvalue weighted by Gasteiger charge is -2.12. The van der Waals surface area contributed by atoms with E-state index in [1.807, 2.05) is 0 Å². The van der Waals surface area contributed by atoms with E-state index < -0.39 is 23.6 Å². The molecule has 2 aromatic carbocycles. The van der Waals surface area contributed by atoms with Crippen molar-refractivity contribution in [2.45, 2.75) is 0 Å². The molecule has 0 aromatic heterocycles. The van der Waals surface area contributed by atoms with Gasteiger partial charge >= 0.3 is 0 Å². The summed E-state index contributed by atoms with van der Waals surface area (Å²) in [6, 6.07) is 10.1. The topological polar surface area (TPSA) is 107 Å². The number of hydrogen-bond donors (Lipinski definition) is 3. The molecule has 1 aliphatic rings. The van der Waals surface area contributed by atoms with Crippen molar-refractivity contribution < 1.29 is 24.6 Å². The molecule has 27 heavy (non-hydrogen) atoms. The van der Waals surface area contributed by atoms with Crippen LogP contribution >= 0.6 is 23.4 Å². The molecular weight excluding hydrogens is 392 g/mol. The third-order valence-electron chi connectivity index (χ3n) is 3.60. The highest BCUT2D eigenvalue weighted by Gasteiger charge is 2.36. The van der Waals surface area contributed by atoms with Crippen LogP contribution in [-0.4, -0.2) is 38.7 Å². The molecule has 0 atom stereocenters. The van der Waals surface area contributed by atoms with Crippen LogP contribution in [0.15, 0.2) is 47.4 Å². The Bertz CT molecular complexity index is 959. The van der Waals surface area contributed by atoms with Gasteiger partial charge in [-0.15, -0.1) is 0 Å². The minimum atomic E-state index is -0.634. The summed E-state index contributed by atoms with van der Waals surface area (Å²) in [5.41, 5.74) is 0.714. The lowest BCUT2D eigenvalue weighted by molar-refractivity contribution is -0.127. The van der Waals surface area contributed by atoms with Gasteiger partial charge < -0.3 is 15.5 Å². The molecule has 138 valence electrons. The number of rotatable bonds is 4. The molecule has 1 fully saturated rings. The molecule has 0 saturated carbocycles. The maximum atomic E-state index is 12.4.